The number of pyridine rings is 2. The smallest absolute Gasteiger partial charge is 0.157 e. The zero-order valence-corrected chi connectivity index (χ0v) is 17.9. The van der Waals surface area contributed by atoms with E-state index in [1.807, 2.05) is 48.5 Å². The number of anilines is 1. The van der Waals surface area contributed by atoms with Crippen molar-refractivity contribution in [1.29, 1.82) is 0 Å². The number of benzene rings is 2. The molecule has 6 heteroatoms. The highest BCUT2D eigenvalue weighted by Crippen LogP contribution is 2.37. The van der Waals surface area contributed by atoms with Gasteiger partial charge in [0.1, 0.15) is 5.69 Å². The summed E-state index contributed by atoms with van der Waals surface area (Å²) in [5.74, 6) is 0.700. The standard InChI is InChI=1S/C27H22N6/c1-18(28)20-14-21(16-29-15-20)26-24-12-7-11-23(19-8-3-2-4-9-19)25(24)27(33-32-26)31-17-22-10-5-6-13-30-22/h2-16H,1,17,28H2,(H,31,33). The Bertz CT molecular complexity index is 1430. The molecule has 5 rings (SSSR count). The summed E-state index contributed by atoms with van der Waals surface area (Å²) in [5, 5.41) is 14.6. The Kier molecular flexibility index (Phi) is 5.47. The minimum absolute atomic E-state index is 0.459. The second-order valence-electron chi connectivity index (χ2n) is 7.65. The normalized spacial score (nSPS) is 10.8. The molecule has 0 bridgehead atoms. The Hall–Kier alpha value is -4.58. The van der Waals surface area contributed by atoms with Gasteiger partial charge in [-0.05, 0) is 29.3 Å². The summed E-state index contributed by atoms with van der Waals surface area (Å²) in [7, 11) is 0. The van der Waals surface area contributed by atoms with Crippen molar-refractivity contribution in [3.63, 3.8) is 0 Å². The van der Waals surface area contributed by atoms with E-state index < -0.39 is 0 Å². The predicted octanol–water partition coefficient (Wildman–Crippen LogP) is 5.30. The van der Waals surface area contributed by atoms with Crippen LogP contribution in [0.2, 0.25) is 0 Å². The molecule has 3 N–H and O–H groups in total. The van der Waals surface area contributed by atoms with Gasteiger partial charge < -0.3 is 11.1 Å². The van der Waals surface area contributed by atoms with Crippen LogP contribution >= 0.6 is 0 Å². The highest BCUT2D eigenvalue weighted by atomic mass is 15.2. The van der Waals surface area contributed by atoms with Crippen molar-refractivity contribution >= 4 is 22.3 Å². The maximum Gasteiger partial charge on any atom is 0.157 e. The van der Waals surface area contributed by atoms with Gasteiger partial charge in [-0.15, -0.1) is 10.2 Å². The van der Waals surface area contributed by atoms with E-state index in [1.165, 1.54) is 0 Å². The predicted molar refractivity (Wildman–Crippen MR) is 133 cm³/mol. The van der Waals surface area contributed by atoms with Gasteiger partial charge in [0, 0.05) is 46.2 Å². The Morgan fingerprint density at radius 3 is 2.52 bits per heavy atom. The molecule has 160 valence electrons. The van der Waals surface area contributed by atoms with Crippen LogP contribution in [-0.2, 0) is 6.54 Å². The Labute approximate surface area is 191 Å². The van der Waals surface area contributed by atoms with E-state index in [0.717, 1.165) is 44.4 Å². The monoisotopic (exact) mass is 430 g/mol. The molecule has 3 aromatic heterocycles. The van der Waals surface area contributed by atoms with Crippen LogP contribution in [0.5, 0.6) is 0 Å². The van der Waals surface area contributed by atoms with Crippen molar-refractivity contribution in [2.24, 2.45) is 5.73 Å². The lowest BCUT2D eigenvalue weighted by Gasteiger charge is -2.15. The molecule has 0 radical (unpaired) electrons. The summed E-state index contributed by atoms with van der Waals surface area (Å²) in [6, 6.07) is 24.3. The van der Waals surface area contributed by atoms with E-state index in [2.05, 4.69) is 56.3 Å². The number of hydrogen-bond acceptors (Lipinski definition) is 6. The Morgan fingerprint density at radius 2 is 1.73 bits per heavy atom. The topological polar surface area (TPSA) is 89.6 Å². The van der Waals surface area contributed by atoms with Gasteiger partial charge in [-0.2, -0.15) is 0 Å². The number of nitrogens with zero attached hydrogens (tertiary/aromatic N) is 4. The molecular weight excluding hydrogens is 408 g/mol. The highest BCUT2D eigenvalue weighted by Gasteiger charge is 2.16. The SMILES string of the molecule is C=C(N)c1cncc(-c2nnc(NCc3ccccn3)c3c(-c4ccccc4)cccc23)c1. The third kappa shape index (κ3) is 4.14. The third-order valence-corrected chi connectivity index (χ3v) is 5.44. The molecule has 33 heavy (non-hydrogen) atoms. The number of fused-ring (bicyclic) bond motifs is 1. The van der Waals surface area contributed by atoms with E-state index in [9.17, 15) is 0 Å². The lowest BCUT2D eigenvalue weighted by molar-refractivity contribution is 0.992. The van der Waals surface area contributed by atoms with E-state index in [0.29, 0.717) is 18.1 Å². The molecule has 0 saturated carbocycles. The fourth-order valence-corrected chi connectivity index (χ4v) is 3.83. The van der Waals surface area contributed by atoms with Gasteiger partial charge in [0.05, 0.1) is 12.2 Å². The summed E-state index contributed by atoms with van der Waals surface area (Å²) >= 11 is 0. The van der Waals surface area contributed by atoms with E-state index in [-0.39, 0.29) is 0 Å². The molecule has 0 aliphatic heterocycles. The fraction of sp³-hybridized carbons (Fsp3) is 0.0370. The number of hydrogen-bond donors (Lipinski definition) is 2. The average molecular weight is 431 g/mol. The minimum atomic E-state index is 0.459. The minimum Gasteiger partial charge on any atom is -0.399 e. The molecule has 0 spiro atoms. The van der Waals surface area contributed by atoms with Crippen LogP contribution in [0.15, 0.2) is 98.0 Å². The van der Waals surface area contributed by atoms with Crippen LogP contribution in [0.3, 0.4) is 0 Å². The second kappa shape index (κ2) is 8.88. The van der Waals surface area contributed by atoms with E-state index >= 15 is 0 Å². The fourth-order valence-electron chi connectivity index (χ4n) is 3.83. The molecule has 0 amide bonds. The van der Waals surface area contributed by atoms with Crippen molar-refractivity contribution in [3.8, 4) is 22.4 Å². The molecule has 0 atom stereocenters. The number of rotatable bonds is 6. The van der Waals surface area contributed by atoms with Crippen LogP contribution in [0.4, 0.5) is 5.82 Å². The van der Waals surface area contributed by atoms with E-state index in [4.69, 9.17) is 5.73 Å². The number of nitrogens with two attached hydrogens (primary N) is 1. The molecule has 0 unspecified atom stereocenters. The van der Waals surface area contributed by atoms with Gasteiger partial charge in [-0.1, -0.05) is 61.2 Å². The van der Waals surface area contributed by atoms with E-state index in [1.54, 1.807) is 18.6 Å². The first kappa shape index (κ1) is 20.3. The molecule has 6 nitrogen and oxygen atoms in total. The molecule has 2 aromatic carbocycles. The van der Waals surface area contributed by atoms with Crippen molar-refractivity contribution < 1.29 is 0 Å². The third-order valence-electron chi connectivity index (χ3n) is 5.44. The summed E-state index contributed by atoms with van der Waals surface area (Å²) in [6.07, 6.45) is 5.25. The zero-order valence-electron chi connectivity index (χ0n) is 17.9. The highest BCUT2D eigenvalue weighted by molar-refractivity contribution is 6.08. The van der Waals surface area contributed by atoms with Crippen LogP contribution in [0.25, 0.3) is 38.9 Å². The quantitative estimate of drug-likeness (QED) is 0.380. The molecule has 0 aliphatic carbocycles. The summed E-state index contributed by atoms with van der Waals surface area (Å²) in [4.78, 5) is 8.74. The van der Waals surface area contributed by atoms with Crippen molar-refractivity contribution in [2.45, 2.75) is 6.54 Å². The van der Waals surface area contributed by atoms with Crippen LogP contribution in [0, 0.1) is 0 Å². The van der Waals surface area contributed by atoms with Crippen LogP contribution in [-0.4, -0.2) is 20.2 Å². The Balaban J connectivity index is 1.70. The maximum absolute atomic E-state index is 5.91. The van der Waals surface area contributed by atoms with Crippen LogP contribution < -0.4 is 11.1 Å². The molecule has 0 saturated heterocycles. The first-order valence-electron chi connectivity index (χ1n) is 10.6. The first-order chi connectivity index (χ1) is 16.2. The summed E-state index contributed by atoms with van der Waals surface area (Å²) in [6.45, 7) is 4.37. The van der Waals surface area contributed by atoms with Gasteiger partial charge in [0.25, 0.3) is 0 Å². The second-order valence-corrected chi connectivity index (χ2v) is 7.65. The van der Waals surface area contributed by atoms with Crippen LogP contribution in [0.1, 0.15) is 11.3 Å². The van der Waals surface area contributed by atoms with Crippen molar-refractivity contribution in [2.75, 3.05) is 5.32 Å². The Morgan fingerprint density at radius 1 is 0.879 bits per heavy atom. The number of aromatic nitrogens is 4. The summed E-state index contributed by atoms with van der Waals surface area (Å²) in [5.41, 5.74) is 11.8. The largest absolute Gasteiger partial charge is 0.399 e. The molecule has 3 heterocycles. The molecule has 0 fully saturated rings. The van der Waals surface area contributed by atoms with Crippen molar-refractivity contribution in [3.05, 3.63) is 109 Å². The number of nitrogens with one attached hydrogen (secondary N) is 1. The molecular formula is C27H22N6. The average Bonchev–Trinajstić information content (AvgIpc) is 2.88. The lowest BCUT2D eigenvalue weighted by atomic mass is 9.96. The lowest BCUT2D eigenvalue weighted by Crippen LogP contribution is -2.06. The molecule has 5 aromatic rings. The van der Waals surface area contributed by atoms with Gasteiger partial charge in [-0.3, -0.25) is 9.97 Å². The van der Waals surface area contributed by atoms with Gasteiger partial charge in [0.2, 0.25) is 0 Å². The van der Waals surface area contributed by atoms with Crippen molar-refractivity contribution in [1.82, 2.24) is 20.2 Å². The molecule has 0 aliphatic rings. The van der Waals surface area contributed by atoms with Gasteiger partial charge in [0.15, 0.2) is 5.82 Å². The maximum atomic E-state index is 5.91. The summed E-state index contributed by atoms with van der Waals surface area (Å²) < 4.78 is 0. The van der Waals surface area contributed by atoms with Gasteiger partial charge >= 0.3 is 0 Å². The van der Waals surface area contributed by atoms with Gasteiger partial charge in [-0.25, -0.2) is 0 Å². The zero-order chi connectivity index (χ0) is 22.6. The first-order valence-corrected chi connectivity index (χ1v) is 10.6.